The number of nitrogens with one attached hydrogen (secondary N) is 1. The molecule has 0 fully saturated rings. The largest absolute Gasteiger partial charge is 0.508 e. The van der Waals surface area contributed by atoms with Gasteiger partial charge < -0.3 is 34.8 Å². The summed E-state index contributed by atoms with van der Waals surface area (Å²) >= 11 is 0. The fourth-order valence-electron chi connectivity index (χ4n) is 3.84. The zero-order chi connectivity index (χ0) is 26.1. The Kier molecular flexibility index (Phi) is 12.9. The van der Waals surface area contributed by atoms with Crippen LogP contribution in [0.5, 0.6) is 17.2 Å². The Morgan fingerprint density at radius 1 is 0.757 bits per heavy atom. The second kappa shape index (κ2) is 16.7. The molecule has 0 saturated carbocycles. The number of hydrogen-bond donors (Lipinski definition) is 4. The van der Waals surface area contributed by atoms with Crippen LogP contribution < -0.4 is 10.1 Å². The molecule has 0 spiro atoms. The molecule has 0 bridgehead atoms. The first kappa shape index (κ1) is 28.6. The van der Waals surface area contributed by atoms with Crippen LogP contribution in [0.1, 0.15) is 48.5 Å². The first-order chi connectivity index (χ1) is 18.2. The topological polar surface area (TPSA) is 100 Å². The minimum atomic E-state index is -0.673. The fourth-order valence-corrected chi connectivity index (χ4v) is 3.84. The van der Waals surface area contributed by atoms with Crippen LogP contribution in [0.3, 0.4) is 0 Å². The molecule has 0 amide bonds. The van der Waals surface area contributed by atoms with E-state index in [0.29, 0.717) is 37.5 Å². The van der Waals surface area contributed by atoms with Crippen LogP contribution in [-0.2, 0) is 22.7 Å². The SMILES string of the molecule is OCc1cc(C(O)CNCCCCCCOCCOCc2cccc(Oc3ccccc3)c2)ccc1O. The Hall–Kier alpha value is -2.94. The predicted octanol–water partition coefficient (Wildman–Crippen LogP) is 5.09. The second-order valence-corrected chi connectivity index (χ2v) is 8.91. The van der Waals surface area contributed by atoms with Crippen LogP contribution in [0.2, 0.25) is 0 Å². The minimum absolute atomic E-state index is 0.0406. The summed E-state index contributed by atoms with van der Waals surface area (Å²) in [6.45, 7) is 3.38. The van der Waals surface area contributed by atoms with E-state index in [0.717, 1.165) is 55.9 Å². The molecule has 1 unspecified atom stereocenters. The van der Waals surface area contributed by atoms with Gasteiger partial charge in [0.15, 0.2) is 0 Å². The van der Waals surface area contributed by atoms with E-state index < -0.39 is 6.10 Å². The summed E-state index contributed by atoms with van der Waals surface area (Å²) in [6, 6.07) is 22.4. The molecule has 0 aromatic heterocycles. The van der Waals surface area contributed by atoms with E-state index in [1.165, 1.54) is 6.07 Å². The van der Waals surface area contributed by atoms with E-state index in [2.05, 4.69) is 5.32 Å². The number of aliphatic hydroxyl groups is 2. The maximum Gasteiger partial charge on any atom is 0.127 e. The van der Waals surface area contributed by atoms with Crippen molar-refractivity contribution >= 4 is 0 Å². The average molecular weight is 510 g/mol. The summed E-state index contributed by atoms with van der Waals surface area (Å²) in [6.07, 6.45) is 3.56. The van der Waals surface area contributed by atoms with Gasteiger partial charge in [0.2, 0.25) is 0 Å². The van der Waals surface area contributed by atoms with E-state index >= 15 is 0 Å². The van der Waals surface area contributed by atoms with Gasteiger partial charge in [-0.2, -0.15) is 0 Å². The van der Waals surface area contributed by atoms with Crippen LogP contribution in [0.4, 0.5) is 0 Å². The Labute approximate surface area is 219 Å². The van der Waals surface area contributed by atoms with Crippen LogP contribution in [0, 0.1) is 0 Å². The van der Waals surface area contributed by atoms with Crippen molar-refractivity contribution in [3.8, 4) is 17.2 Å². The first-order valence-corrected chi connectivity index (χ1v) is 12.9. The quantitative estimate of drug-likeness (QED) is 0.177. The lowest BCUT2D eigenvalue weighted by Crippen LogP contribution is -2.22. The van der Waals surface area contributed by atoms with E-state index in [1.54, 1.807) is 12.1 Å². The molecule has 0 aliphatic rings. The standard InChI is InChI=1S/C30H39NO6/c32-22-26-20-25(13-14-29(26)33)30(34)21-31-15-6-1-2-7-16-35-17-18-36-23-24-9-8-12-28(19-24)37-27-10-4-3-5-11-27/h3-5,8-14,19-20,30-34H,1-2,6-7,15-18,21-23H2. The van der Waals surface area contributed by atoms with Crippen LogP contribution in [-0.4, -0.2) is 48.2 Å². The van der Waals surface area contributed by atoms with E-state index in [1.807, 2.05) is 54.6 Å². The third kappa shape index (κ3) is 10.9. The first-order valence-electron chi connectivity index (χ1n) is 12.9. The van der Waals surface area contributed by atoms with Gasteiger partial charge in [-0.3, -0.25) is 0 Å². The number of unbranched alkanes of at least 4 members (excludes halogenated alkanes) is 3. The van der Waals surface area contributed by atoms with Gasteiger partial charge in [-0.25, -0.2) is 0 Å². The Bertz CT molecular complexity index is 1030. The summed E-state index contributed by atoms with van der Waals surface area (Å²) in [5, 5.41) is 32.4. The third-order valence-corrected chi connectivity index (χ3v) is 5.91. The second-order valence-electron chi connectivity index (χ2n) is 8.91. The number of aromatic hydroxyl groups is 1. The summed E-state index contributed by atoms with van der Waals surface area (Å²) in [5.41, 5.74) is 2.17. The molecule has 0 aliphatic carbocycles. The fraction of sp³-hybridized carbons (Fsp3) is 0.400. The molecule has 7 nitrogen and oxygen atoms in total. The third-order valence-electron chi connectivity index (χ3n) is 5.91. The number of ether oxygens (including phenoxy) is 3. The Morgan fingerprint density at radius 2 is 1.54 bits per heavy atom. The number of benzene rings is 3. The highest BCUT2D eigenvalue weighted by Gasteiger charge is 2.10. The molecular formula is C30H39NO6. The number of phenols is 1. The zero-order valence-corrected chi connectivity index (χ0v) is 21.4. The zero-order valence-electron chi connectivity index (χ0n) is 21.4. The molecule has 3 aromatic rings. The van der Waals surface area contributed by atoms with Crippen molar-refractivity contribution in [2.75, 3.05) is 32.9 Å². The molecule has 4 N–H and O–H groups in total. The van der Waals surface area contributed by atoms with Gasteiger partial charge >= 0.3 is 0 Å². The normalized spacial score (nSPS) is 11.9. The molecule has 3 aromatic carbocycles. The molecule has 200 valence electrons. The molecular weight excluding hydrogens is 470 g/mol. The lowest BCUT2D eigenvalue weighted by Gasteiger charge is -2.14. The number of para-hydroxylation sites is 1. The average Bonchev–Trinajstić information content (AvgIpc) is 2.92. The lowest BCUT2D eigenvalue weighted by molar-refractivity contribution is 0.0392. The van der Waals surface area contributed by atoms with Gasteiger partial charge in [0.25, 0.3) is 0 Å². The summed E-state index contributed by atoms with van der Waals surface area (Å²) in [7, 11) is 0. The predicted molar refractivity (Wildman–Crippen MR) is 144 cm³/mol. The van der Waals surface area contributed by atoms with Crippen molar-refractivity contribution in [2.45, 2.75) is 45.0 Å². The molecule has 0 heterocycles. The maximum absolute atomic E-state index is 10.3. The van der Waals surface area contributed by atoms with Gasteiger partial charge in [-0.1, -0.05) is 49.2 Å². The number of rotatable bonds is 18. The maximum atomic E-state index is 10.3. The summed E-state index contributed by atoms with van der Waals surface area (Å²) in [4.78, 5) is 0. The Morgan fingerprint density at radius 3 is 2.38 bits per heavy atom. The van der Waals surface area contributed by atoms with Gasteiger partial charge in [0.1, 0.15) is 17.2 Å². The van der Waals surface area contributed by atoms with Crippen molar-refractivity contribution < 1.29 is 29.5 Å². The van der Waals surface area contributed by atoms with Crippen molar-refractivity contribution in [2.24, 2.45) is 0 Å². The summed E-state index contributed by atoms with van der Waals surface area (Å²) < 4.78 is 17.3. The van der Waals surface area contributed by atoms with Gasteiger partial charge in [0, 0.05) is 18.7 Å². The van der Waals surface area contributed by atoms with Crippen LogP contribution in [0.25, 0.3) is 0 Å². The molecule has 7 heteroatoms. The highest BCUT2D eigenvalue weighted by atomic mass is 16.5. The van der Waals surface area contributed by atoms with Gasteiger partial charge in [-0.05, 0) is 66.9 Å². The van der Waals surface area contributed by atoms with Gasteiger partial charge in [0.05, 0.1) is 32.5 Å². The Balaban J connectivity index is 1.14. The van der Waals surface area contributed by atoms with Crippen LogP contribution in [0.15, 0.2) is 72.8 Å². The lowest BCUT2D eigenvalue weighted by atomic mass is 10.1. The van der Waals surface area contributed by atoms with E-state index in [4.69, 9.17) is 14.2 Å². The smallest absolute Gasteiger partial charge is 0.127 e. The minimum Gasteiger partial charge on any atom is -0.508 e. The van der Waals surface area contributed by atoms with Crippen LogP contribution >= 0.6 is 0 Å². The van der Waals surface area contributed by atoms with E-state index in [-0.39, 0.29) is 12.4 Å². The highest BCUT2D eigenvalue weighted by Crippen LogP contribution is 2.23. The number of hydrogen-bond acceptors (Lipinski definition) is 7. The highest BCUT2D eigenvalue weighted by molar-refractivity contribution is 5.36. The monoisotopic (exact) mass is 509 g/mol. The summed E-state index contributed by atoms with van der Waals surface area (Å²) in [5.74, 6) is 1.65. The van der Waals surface area contributed by atoms with Crippen molar-refractivity contribution in [3.05, 3.63) is 89.5 Å². The molecule has 37 heavy (non-hydrogen) atoms. The molecule has 0 radical (unpaired) electrons. The number of aliphatic hydroxyl groups excluding tert-OH is 2. The van der Waals surface area contributed by atoms with E-state index in [9.17, 15) is 15.3 Å². The van der Waals surface area contributed by atoms with Crippen molar-refractivity contribution in [3.63, 3.8) is 0 Å². The molecule has 3 rings (SSSR count). The molecule has 1 atom stereocenters. The molecule has 0 saturated heterocycles. The van der Waals surface area contributed by atoms with Gasteiger partial charge in [-0.15, -0.1) is 0 Å². The molecule has 0 aliphatic heterocycles. The van der Waals surface area contributed by atoms with Crippen molar-refractivity contribution in [1.82, 2.24) is 5.32 Å². The van der Waals surface area contributed by atoms with Crippen molar-refractivity contribution in [1.29, 1.82) is 0 Å².